The zero-order chi connectivity index (χ0) is 26.4. The maximum Gasteiger partial charge on any atom is 0.343 e. The summed E-state index contributed by atoms with van der Waals surface area (Å²) in [4.78, 5) is 50.5. The third-order valence-electron chi connectivity index (χ3n) is 4.87. The molecule has 190 valence electrons. The number of nitrogens with one attached hydrogen (secondary N) is 1. The summed E-state index contributed by atoms with van der Waals surface area (Å²) in [6.45, 7) is 5.31. The Morgan fingerprint density at radius 1 is 1.08 bits per heavy atom. The van der Waals surface area contributed by atoms with Gasteiger partial charge in [-0.3, -0.25) is 19.3 Å². The predicted octanol–water partition coefficient (Wildman–Crippen LogP) is 4.53. The van der Waals surface area contributed by atoms with Crippen LogP contribution in [-0.4, -0.2) is 54.8 Å². The minimum absolute atomic E-state index is 0.181. The van der Waals surface area contributed by atoms with Gasteiger partial charge in [-0.15, -0.1) is 0 Å². The van der Waals surface area contributed by atoms with E-state index in [1.165, 1.54) is 7.11 Å². The number of rotatable bonds is 9. The van der Waals surface area contributed by atoms with Gasteiger partial charge in [-0.1, -0.05) is 6.07 Å². The molecular formula is C25H25IN2O7S. The van der Waals surface area contributed by atoms with Gasteiger partial charge in [0.25, 0.3) is 11.1 Å². The lowest BCUT2D eigenvalue weighted by Crippen LogP contribution is -2.36. The molecule has 0 radical (unpaired) electrons. The van der Waals surface area contributed by atoms with E-state index in [1.807, 2.05) is 54.6 Å². The normalized spacial score (nSPS) is 14.2. The molecule has 0 spiro atoms. The highest BCUT2D eigenvalue weighted by atomic mass is 127. The van der Waals surface area contributed by atoms with Gasteiger partial charge in [0.1, 0.15) is 6.54 Å². The molecule has 3 rings (SSSR count). The zero-order valence-corrected chi connectivity index (χ0v) is 23.2. The lowest BCUT2D eigenvalue weighted by molar-refractivity contribution is -0.143. The first-order chi connectivity index (χ1) is 17.1. The fourth-order valence-electron chi connectivity index (χ4n) is 3.44. The summed E-state index contributed by atoms with van der Waals surface area (Å²) in [5.74, 6) is -0.807. The van der Waals surface area contributed by atoms with Gasteiger partial charge in [0.05, 0.1) is 22.2 Å². The average Bonchev–Trinajstić information content (AvgIpc) is 3.05. The molecule has 1 fully saturated rings. The van der Waals surface area contributed by atoms with Crippen LogP contribution in [-0.2, 0) is 19.1 Å². The zero-order valence-electron chi connectivity index (χ0n) is 20.2. The highest BCUT2D eigenvalue weighted by molar-refractivity contribution is 14.1. The van der Waals surface area contributed by atoms with Gasteiger partial charge in [-0.05, 0) is 102 Å². The van der Waals surface area contributed by atoms with Crippen molar-refractivity contribution in [2.45, 2.75) is 20.8 Å². The fraction of sp³-hybridized carbons (Fsp3) is 0.280. The topological polar surface area (TPSA) is 111 Å². The highest BCUT2D eigenvalue weighted by Gasteiger charge is 2.36. The second-order valence-corrected chi connectivity index (χ2v) is 9.98. The van der Waals surface area contributed by atoms with E-state index in [1.54, 1.807) is 25.1 Å². The van der Waals surface area contributed by atoms with Crippen molar-refractivity contribution in [2.24, 2.45) is 0 Å². The van der Waals surface area contributed by atoms with Crippen molar-refractivity contribution in [3.8, 4) is 11.5 Å². The van der Waals surface area contributed by atoms with Crippen molar-refractivity contribution in [3.63, 3.8) is 0 Å². The maximum absolute atomic E-state index is 12.9. The number of benzene rings is 2. The average molecular weight is 624 g/mol. The second-order valence-electron chi connectivity index (χ2n) is 7.82. The number of ether oxygens (including phenoxy) is 3. The molecule has 0 unspecified atom stereocenters. The van der Waals surface area contributed by atoms with Crippen molar-refractivity contribution < 1.29 is 33.4 Å². The summed E-state index contributed by atoms with van der Waals surface area (Å²) < 4.78 is 16.4. The van der Waals surface area contributed by atoms with E-state index in [2.05, 4.69) is 10.1 Å². The van der Waals surface area contributed by atoms with Gasteiger partial charge < -0.3 is 19.5 Å². The molecule has 1 N–H and O–H groups in total. The smallest absolute Gasteiger partial charge is 0.343 e. The number of methoxy groups -OCH3 is 1. The van der Waals surface area contributed by atoms with E-state index in [0.717, 1.165) is 27.8 Å². The van der Waals surface area contributed by atoms with E-state index in [9.17, 15) is 19.2 Å². The third-order valence-corrected chi connectivity index (χ3v) is 6.58. The molecule has 1 saturated heterocycles. The Morgan fingerprint density at radius 3 is 2.42 bits per heavy atom. The van der Waals surface area contributed by atoms with Crippen molar-refractivity contribution in [1.82, 2.24) is 4.90 Å². The summed E-state index contributed by atoms with van der Waals surface area (Å²) in [6.07, 6.45) is 1.56. The Bertz CT molecular complexity index is 1220. The molecule has 0 atom stereocenters. The molecule has 0 bridgehead atoms. The number of esters is 1. The van der Waals surface area contributed by atoms with E-state index in [-0.39, 0.29) is 11.5 Å². The van der Waals surface area contributed by atoms with E-state index in [4.69, 9.17) is 9.47 Å². The van der Waals surface area contributed by atoms with Crippen LogP contribution in [0.25, 0.3) is 6.08 Å². The molecule has 9 nitrogen and oxygen atoms in total. The van der Waals surface area contributed by atoms with Crippen molar-refractivity contribution >= 4 is 69.1 Å². The number of nitrogens with zero attached hydrogens (tertiary/aromatic N) is 1. The van der Waals surface area contributed by atoms with Gasteiger partial charge in [0.15, 0.2) is 18.1 Å². The minimum atomic E-state index is -0.556. The van der Waals surface area contributed by atoms with Gasteiger partial charge in [-0.2, -0.15) is 0 Å². The number of hydrogen-bond acceptors (Lipinski definition) is 8. The number of carbonyl (C=O) groups excluding carboxylic acids is 4. The van der Waals surface area contributed by atoms with Crippen LogP contribution in [0.5, 0.6) is 11.5 Å². The first kappa shape index (κ1) is 27.5. The van der Waals surface area contributed by atoms with Crippen LogP contribution in [0.4, 0.5) is 10.5 Å². The lowest BCUT2D eigenvalue weighted by Gasteiger charge is -2.14. The monoisotopic (exact) mass is 624 g/mol. The molecule has 2 aromatic carbocycles. The Balaban J connectivity index is 1.76. The van der Waals surface area contributed by atoms with Gasteiger partial charge >= 0.3 is 5.97 Å². The molecule has 0 aromatic heterocycles. The number of thioether (sulfide) groups is 1. The molecule has 3 amide bonds. The molecule has 11 heteroatoms. The summed E-state index contributed by atoms with van der Waals surface area (Å²) in [5, 5.41) is 2.21. The molecule has 2 aromatic rings. The quantitative estimate of drug-likeness (QED) is 0.246. The van der Waals surface area contributed by atoms with E-state index < -0.39 is 29.6 Å². The summed E-state index contributed by atoms with van der Waals surface area (Å²) >= 11 is 2.79. The largest absolute Gasteiger partial charge is 0.490 e. The number of carbonyl (C=O) groups is 4. The number of imide groups is 1. The fourth-order valence-corrected chi connectivity index (χ4v) is 5.06. The first-order valence-corrected chi connectivity index (χ1v) is 12.8. The predicted molar refractivity (Wildman–Crippen MR) is 145 cm³/mol. The summed E-state index contributed by atoms with van der Waals surface area (Å²) in [6, 6.07) is 8.99. The van der Waals surface area contributed by atoms with E-state index in [0.29, 0.717) is 32.9 Å². The molecule has 1 aliphatic heterocycles. The van der Waals surface area contributed by atoms with Gasteiger partial charge in [-0.25, -0.2) is 4.79 Å². The lowest BCUT2D eigenvalue weighted by atomic mass is 10.1. The Morgan fingerprint density at radius 2 is 1.78 bits per heavy atom. The molecule has 36 heavy (non-hydrogen) atoms. The Kier molecular flexibility index (Phi) is 9.37. The summed E-state index contributed by atoms with van der Waals surface area (Å²) in [7, 11) is 1.27. The Labute approximate surface area is 226 Å². The molecular weight excluding hydrogens is 599 g/mol. The third kappa shape index (κ3) is 7.00. The van der Waals surface area contributed by atoms with Crippen molar-refractivity contribution in [3.05, 3.63) is 55.5 Å². The van der Waals surface area contributed by atoms with Crippen molar-refractivity contribution in [1.29, 1.82) is 0 Å². The number of halogens is 1. The number of aryl methyl sites for hydroxylation is 2. The van der Waals surface area contributed by atoms with Crippen LogP contribution in [0.3, 0.4) is 0 Å². The Hall–Kier alpha value is -3.06. The number of anilines is 1. The first-order valence-electron chi connectivity index (χ1n) is 10.9. The van der Waals surface area contributed by atoms with Crippen LogP contribution in [0.2, 0.25) is 0 Å². The number of amides is 3. The molecule has 0 saturated carbocycles. The summed E-state index contributed by atoms with van der Waals surface area (Å²) in [5.41, 5.74) is 3.18. The SMILES string of the molecule is CCOc1cc(/C=C2/SC(=O)N(CC(=O)Nc3cc(C)cc(C)c3)C2=O)cc(I)c1OCC(=O)OC. The van der Waals surface area contributed by atoms with Crippen LogP contribution in [0.15, 0.2) is 35.2 Å². The maximum atomic E-state index is 12.9. The van der Waals surface area contributed by atoms with Gasteiger partial charge in [0.2, 0.25) is 5.91 Å². The molecule has 1 heterocycles. The standard InChI is InChI=1S/C25H25IN2O7S/c1-5-34-19-10-16(9-18(26)23(19)35-13-22(30)33-4)11-20-24(31)28(25(32)36-20)12-21(29)27-17-7-14(2)6-15(3)8-17/h6-11H,5,12-13H2,1-4H3,(H,27,29)/b20-11+. The van der Waals surface area contributed by atoms with Crippen LogP contribution < -0.4 is 14.8 Å². The van der Waals surface area contributed by atoms with Crippen LogP contribution in [0, 0.1) is 17.4 Å². The van der Waals surface area contributed by atoms with Crippen LogP contribution >= 0.6 is 34.4 Å². The number of hydrogen-bond donors (Lipinski definition) is 1. The van der Waals surface area contributed by atoms with Crippen LogP contribution in [0.1, 0.15) is 23.6 Å². The minimum Gasteiger partial charge on any atom is -0.490 e. The van der Waals surface area contributed by atoms with Crippen molar-refractivity contribution in [2.75, 3.05) is 32.2 Å². The van der Waals surface area contributed by atoms with Gasteiger partial charge in [0, 0.05) is 5.69 Å². The second kappa shape index (κ2) is 12.3. The highest BCUT2D eigenvalue weighted by Crippen LogP contribution is 2.37. The van der Waals surface area contributed by atoms with E-state index >= 15 is 0 Å². The molecule has 0 aliphatic carbocycles. The molecule has 1 aliphatic rings.